The van der Waals surface area contributed by atoms with E-state index in [-0.39, 0.29) is 0 Å². The fourth-order valence-corrected chi connectivity index (χ4v) is 3.29. The number of aromatic amines is 1. The molecule has 116 valence electrons. The van der Waals surface area contributed by atoms with Gasteiger partial charge in [0.1, 0.15) is 5.82 Å². The number of hydrogen-bond acceptors (Lipinski definition) is 2. The van der Waals surface area contributed by atoms with Gasteiger partial charge in [0.15, 0.2) is 0 Å². The average molecular weight is 368 g/mol. The molecule has 0 saturated carbocycles. The Balaban J connectivity index is 1.47. The first-order chi connectivity index (χ1) is 11.3. The van der Waals surface area contributed by atoms with Crippen LogP contribution in [0.5, 0.6) is 0 Å². The number of rotatable bonds is 3. The van der Waals surface area contributed by atoms with Gasteiger partial charge < -0.3 is 4.98 Å². The third-order valence-electron chi connectivity index (χ3n) is 4.31. The van der Waals surface area contributed by atoms with E-state index in [1.54, 1.807) is 0 Å². The van der Waals surface area contributed by atoms with Crippen LogP contribution in [-0.4, -0.2) is 28.0 Å². The van der Waals surface area contributed by atoms with Crippen LogP contribution >= 0.6 is 15.9 Å². The van der Waals surface area contributed by atoms with Crippen LogP contribution in [0, 0.1) is 0 Å². The molecule has 23 heavy (non-hydrogen) atoms. The van der Waals surface area contributed by atoms with Gasteiger partial charge in [-0.3, -0.25) is 4.90 Å². The Hall–Kier alpha value is -1.91. The minimum atomic E-state index is 0.975. The fourth-order valence-electron chi connectivity index (χ4n) is 3.02. The van der Waals surface area contributed by atoms with Crippen molar-refractivity contribution in [1.82, 2.24) is 14.9 Å². The first kappa shape index (κ1) is 14.7. The van der Waals surface area contributed by atoms with Gasteiger partial charge in [0.2, 0.25) is 0 Å². The van der Waals surface area contributed by atoms with E-state index in [2.05, 4.69) is 68.3 Å². The van der Waals surface area contributed by atoms with E-state index < -0.39 is 0 Å². The van der Waals surface area contributed by atoms with Gasteiger partial charge in [-0.2, -0.15) is 0 Å². The second-order valence-electron chi connectivity index (χ2n) is 5.94. The summed E-state index contributed by atoms with van der Waals surface area (Å²) < 4.78 is 1.13. The van der Waals surface area contributed by atoms with Gasteiger partial charge in [-0.1, -0.05) is 46.3 Å². The minimum absolute atomic E-state index is 0.975. The van der Waals surface area contributed by atoms with E-state index in [1.165, 1.54) is 11.1 Å². The molecule has 4 rings (SSSR count). The normalized spacial score (nSPS) is 15.8. The third kappa shape index (κ3) is 3.23. The number of nitrogens with zero attached hydrogens (tertiary/aromatic N) is 2. The van der Waals surface area contributed by atoms with E-state index in [0.717, 1.165) is 47.4 Å². The van der Waals surface area contributed by atoms with Crippen molar-refractivity contribution in [3.8, 4) is 0 Å². The quantitative estimate of drug-likeness (QED) is 0.732. The summed E-state index contributed by atoms with van der Waals surface area (Å²) in [5.74, 6) is 1.02. The molecule has 0 fully saturated rings. The first-order valence-corrected chi connectivity index (χ1v) is 8.68. The maximum Gasteiger partial charge on any atom is 0.134 e. The summed E-state index contributed by atoms with van der Waals surface area (Å²) in [4.78, 5) is 10.6. The van der Waals surface area contributed by atoms with E-state index >= 15 is 0 Å². The van der Waals surface area contributed by atoms with Gasteiger partial charge in [-0.05, 0) is 41.8 Å². The summed E-state index contributed by atoms with van der Waals surface area (Å²) in [6, 6.07) is 16.8. The van der Waals surface area contributed by atoms with Gasteiger partial charge in [0.25, 0.3) is 0 Å². The summed E-state index contributed by atoms with van der Waals surface area (Å²) in [6.07, 6.45) is 3.34. The molecule has 0 unspecified atom stereocenters. The Morgan fingerprint density at radius 2 is 1.91 bits per heavy atom. The zero-order valence-corrected chi connectivity index (χ0v) is 14.4. The highest BCUT2D eigenvalue weighted by atomic mass is 79.9. The molecule has 4 heteroatoms. The van der Waals surface area contributed by atoms with Crippen molar-refractivity contribution in [2.75, 3.05) is 13.1 Å². The SMILES string of the molecule is Brc1ccc(CN2CC=C(c3nc4ccccc4[nH]3)CC2)cc1. The van der Waals surface area contributed by atoms with Crippen LogP contribution in [0.25, 0.3) is 16.6 Å². The van der Waals surface area contributed by atoms with Gasteiger partial charge in [0.05, 0.1) is 11.0 Å². The Kier molecular flexibility index (Phi) is 4.02. The molecule has 0 atom stereocenters. The van der Waals surface area contributed by atoms with Gasteiger partial charge in [0, 0.05) is 24.1 Å². The fraction of sp³-hybridized carbons (Fsp3) is 0.211. The molecule has 0 bridgehead atoms. The second-order valence-corrected chi connectivity index (χ2v) is 6.86. The maximum atomic E-state index is 4.71. The summed E-state index contributed by atoms with van der Waals surface area (Å²) >= 11 is 3.49. The number of nitrogens with one attached hydrogen (secondary N) is 1. The van der Waals surface area contributed by atoms with Crippen molar-refractivity contribution in [3.05, 3.63) is 70.5 Å². The molecule has 0 radical (unpaired) electrons. The molecule has 0 spiro atoms. The van der Waals surface area contributed by atoms with Crippen molar-refractivity contribution >= 4 is 32.5 Å². The second kappa shape index (κ2) is 6.30. The van der Waals surface area contributed by atoms with E-state index in [1.807, 2.05) is 12.1 Å². The molecule has 3 nitrogen and oxygen atoms in total. The van der Waals surface area contributed by atoms with E-state index in [9.17, 15) is 0 Å². The number of benzene rings is 2. The predicted molar refractivity (Wildman–Crippen MR) is 98.1 cm³/mol. The Bertz CT molecular complexity index is 815. The number of hydrogen-bond donors (Lipinski definition) is 1. The number of aromatic nitrogens is 2. The molecular formula is C19H18BrN3. The lowest BCUT2D eigenvalue weighted by molar-refractivity contribution is 0.293. The third-order valence-corrected chi connectivity index (χ3v) is 4.83. The first-order valence-electron chi connectivity index (χ1n) is 7.89. The van der Waals surface area contributed by atoms with Crippen molar-refractivity contribution in [1.29, 1.82) is 0 Å². The van der Waals surface area contributed by atoms with E-state index in [4.69, 9.17) is 4.98 Å². The molecule has 2 heterocycles. The largest absolute Gasteiger partial charge is 0.338 e. The Morgan fingerprint density at radius 1 is 1.09 bits per heavy atom. The lowest BCUT2D eigenvalue weighted by Crippen LogP contribution is -2.28. The van der Waals surface area contributed by atoms with Gasteiger partial charge in [-0.25, -0.2) is 4.98 Å². The van der Waals surface area contributed by atoms with Crippen LogP contribution in [0.3, 0.4) is 0 Å². The van der Waals surface area contributed by atoms with Crippen molar-refractivity contribution in [2.24, 2.45) is 0 Å². The molecule has 0 aliphatic carbocycles. The van der Waals surface area contributed by atoms with Gasteiger partial charge >= 0.3 is 0 Å². The van der Waals surface area contributed by atoms with Crippen molar-refractivity contribution in [2.45, 2.75) is 13.0 Å². The highest BCUT2D eigenvalue weighted by Crippen LogP contribution is 2.23. The highest BCUT2D eigenvalue weighted by molar-refractivity contribution is 9.10. The Labute approximate surface area is 144 Å². The maximum absolute atomic E-state index is 4.71. The summed E-state index contributed by atoms with van der Waals surface area (Å²) in [6.45, 7) is 3.04. The minimum Gasteiger partial charge on any atom is -0.338 e. The molecule has 1 aliphatic heterocycles. The molecule has 0 amide bonds. The van der Waals surface area contributed by atoms with Crippen LogP contribution in [0.1, 0.15) is 17.8 Å². The molecule has 1 aliphatic rings. The van der Waals surface area contributed by atoms with Crippen LogP contribution in [-0.2, 0) is 6.54 Å². The standard InChI is InChI=1S/C19H18BrN3/c20-16-7-5-14(6-8-16)13-23-11-9-15(10-12-23)19-21-17-3-1-2-4-18(17)22-19/h1-9H,10-13H2,(H,21,22). The van der Waals surface area contributed by atoms with Crippen LogP contribution in [0.2, 0.25) is 0 Å². The van der Waals surface area contributed by atoms with Gasteiger partial charge in [-0.15, -0.1) is 0 Å². The summed E-state index contributed by atoms with van der Waals surface area (Å²) in [5.41, 5.74) is 4.84. The van der Waals surface area contributed by atoms with Crippen LogP contribution in [0.4, 0.5) is 0 Å². The smallest absolute Gasteiger partial charge is 0.134 e. The highest BCUT2D eigenvalue weighted by Gasteiger charge is 2.15. The lowest BCUT2D eigenvalue weighted by atomic mass is 10.1. The summed E-state index contributed by atoms with van der Waals surface area (Å²) in [5, 5.41) is 0. The van der Waals surface area contributed by atoms with Crippen molar-refractivity contribution < 1.29 is 0 Å². The zero-order chi connectivity index (χ0) is 15.6. The Morgan fingerprint density at radius 3 is 2.65 bits per heavy atom. The molecule has 1 aromatic heterocycles. The number of para-hydroxylation sites is 2. The molecule has 3 aromatic rings. The number of fused-ring (bicyclic) bond motifs is 1. The average Bonchev–Trinajstić information content (AvgIpc) is 3.02. The molecule has 1 N–H and O–H groups in total. The predicted octanol–water partition coefficient (Wildman–Crippen LogP) is 4.61. The molecule has 2 aromatic carbocycles. The topological polar surface area (TPSA) is 31.9 Å². The lowest BCUT2D eigenvalue weighted by Gasteiger charge is -2.25. The zero-order valence-electron chi connectivity index (χ0n) is 12.8. The monoisotopic (exact) mass is 367 g/mol. The van der Waals surface area contributed by atoms with Crippen LogP contribution in [0.15, 0.2) is 59.1 Å². The van der Waals surface area contributed by atoms with E-state index in [0.29, 0.717) is 0 Å². The number of imidazole rings is 1. The summed E-state index contributed by atoms with van der Waals surface area (Å²) in [7, 11) is 0. The van der Waals surface area contributed by atoms with Crippen molar-refractivity contribution in [3.63, 3.8) is 0 Å². The number of H-pyrrole nitrogens is 1. The molecule has 0 saturated heterocycles. The van der Waals surface area contributed by atoms with Crippen LogP contribution < -0.4 is 0 Å². The molecular weight excluding hydrogens is 350 g/mol. The number of halogens is 1.